The van der Waals surface area contributed by atoms with Crippen LogP contribution in [0.3, 0.4) is 0 Å². The van der Waals surface area contributed by atoms with Crippen LogP contribution in [0.25, 0.3) is 0 Å². The van der Waals surface area contributed by atoms with Crippen LogP contribution in [0, 0.1) is 0 Å². The Morgan fingerprint density at radius 2 is 2.10 bits per heavy atom. The zero-order valence-corrected chi connectivity index (χ0v) is 12.9. The fourth-order valence-corrected chi connectivity index (χ4v) is 4.01. The fraction of sp³-hybridized carbons (Fsp3) is 0.438. The average molecular weight is 303 g/mol. The van der Waals surface area contributed by atoms with Crippen molar-refractivity contribution in [2.75, 3.05) is 18.8 Å². The largest absolute Gasteiger partial charge is 0.298 e. The highest BCUT2D eigenvalue weighted by molar-refractivity contribution is 7.85. The van der Waals surface area contributed by atoms with Gasteiger partial charge in [0, 0.05) is 35.6 Å². The van der Waals surface area contributed by atoms with Crippen LogP contribution in [-0.2, 0) is 17.3 Å². The molecule has 2 aromatic rings. The van der Waals surface area contributed by atoms with Gasteiger partial charge in [-0.25, -0.2) is 0 Å². The third kappa shape index (κ3) is 3.80. The standard InChI is InChI=1S/C16H21N3OS/c20-21(16-7-2-1-3-8-16)13-12-18-10-4-6-15(18)14-19-11-5-9-17-19/h1-3,5,7-9,11,15H,4,6,10,12-14H2. The Labute approximate surface area is 128 Å². The van der Waals surface area contributed by atoms with Gasteiger partial charge >= 0.3 is 0 Å². The van der Waals surface area contributed by atoms with Crippen LogP contribution in [0.2, 0.25) is 0 Å². The minimum atomic E-state index is -0.897. The molecule has 2 heterocycles. The molecule has 0 N–H and O–H groups in total. The number of benzene rings is 1. The van der Waals surface area contributed by atoms with Gasteiger partial charge in [-0.3, -0.25) is 13.8 Å². The molecule has 0 saturated carbocycles. The summed E-state index contributed by atoms with van der Waals surface area (Å²) >= 11 is 0. The summed E-state index contributed by atoms with van der Waals surface area (Å²) in [6.45, 7) is 2.94. The highest BCUT2D eigenvalue weighted by atomic mass is 32.2. The average Bonchev–Trinajstić information content (AvgIpc) is 3.18. The summed E-state index contributed by atoms with van der Waals surface area (Å²) in [5.74, 6) is 0.708. The second-order valence-corrected chi connectivity index (χ2v) is 6.99. The molecule has 0 radical (unpaired) electrons. The molecule has 1 aromatic heterocycles. The number of aromatic nitrogens is 2. The maximum absolute atomic E-state index is 12.3. The van der Waals surface area contributed by atoms with Crippen LogP contribution in [0.4, 0.5) is 0 Å². The van der Waals surface area contributed by atoms with Crippen molar-refractivity contribution in [3.05, 3.63) is 48.8 Å². The van der Waals surface area contributed by atoms with Gasteiger partial charge in [-0.1, -0.05) is 18.2 Å². The number of likely N-dealkylation sites (tertiary alicyclic amines) is 1. The summed E-state index contributed by atoms with van der Waals surface area (Å²) < 4.78 is 14.3. The van der Waals surface area contributed by atoms with Crippen molar-refractivity contribution in [2.45, 2.75) is 30.3 Å². The van der Waals surface area contributed by atoms with Crippen molar-refractivity contribution in [3.63, 3.8) is 0 Å². The van der Waals surface area contributed by atoms with E-state index in [4.69, 9.17) is 0 Å². The van der Waals surface area contributed by atoms with Gasteiger partial charge in [0.05, 0.1) is 17.3 Å². The number of hydrogen-bond acceptors (Lipinski definition) is 3. The summed E-state index contributed by atoms with van der Waals surface area (Å²) in [6.07, 6.45) is 6.27. The van der Waals surface area contributed by atoms with Crippen LogP contribution in [0.15, 0.2) is 53.7 Å². The van der Waals surface area contributed by atoms with Gasteiger partial charge in [0.25, 0.3) is 0 Å². The smallest absolute Gasteiger partial charge is 0.0564 e. The summed E-state index contributed by atoms with van der Waals surface area (Å²) in [4.78, 5) is 3.39. The normalized spacial score (nSPS) is 20.7. The van der Waals surface area contributed by atoms with E-state index in [0.29, 0.717) is 11.8 Å². The van der Waals surface area contributed by atoms with Gasteiger partial charge < -0.3 is 0 Å². The summed E-state index contributed by atoms with van der Waals surface area (Å²) in [7, 11) is -0.897. The molecule has 3 rings (SSSR count). The third-order valence-corrected chi connectivity index (χ3v) is 5.38. The molecule has 112 valence electrons. The van der Waals surface area contributed by atoms with E-state index in [0.717, 1.165) is 24.5 Å². The van der Waals surface area contributed by atoms with E-state index in [9.17, 15) is 4.21 Å². The molecule has 21 heavy (non-hydrogen) atoms. The molecular formula is C16H21N3OS. The molecule has 0 aliphatic carbocycles. The van der Waals surface area contributed by atoms with Crippen molar-refractivity contribution < 1.29 is 4.21 Å². The van der Waals surface area contributed by atoms with Crippen molar-refractivity contribution in [3.8, 4) is 0 Å². The van der Waals surface area contributed by atoms with Crippen LogP contribution in [-0.4, -0.2) is 43.8 Å². The lowest BCUT2D eigenvalue weighted by Gasteiger charge is -2.24. The molecule has 0 amide bonds. The van der Waals surface area contributed by atoms with Gasteiger partial charge in [0.1, 0.15) is 0 Å². The molecule has 0 spiro atoms. The number of nitrogens with zero attached hydrogens (tertiary/aromatic N) is 3. The highest BCUT2D eigenvalue weighted by Crippen LogP contribution is 2.19. The van der Waals surface area contributed by atoms with E-state index in [-0.39, 0.29) is 0 Å². The molecule has 1 fully saturated rings. The Morgan fingerprint density at radius 3 is 2.86 bits per heavy atom. The molecule has 5 heteroatoms. The van der Waals surface area contributed by atoms with Crippen molar-refractivity contribution in [1.29, 1.82) is 0 Å². The van der Waals surface area contributed by atoms with E-state index in [1.165, 1.54) is 12.8 Å². The van der Waals surface area contributed by atoms with Gasteiger partial charge in [-0.2, -0.15) is 5.10 Å². The Balaban J connectivity index is 1.53. The van der Waals surface area contributed by atoms with E-state index < -0.39 is 10.8 Å². The lowest BCUT2D eigenvalue weighted by Crippen LogP contribution is -2.35. The van der Waals surface area contributed by atoms with Gasteiger partial charge in [-0.15, -0.1) is 0 Å². The predicted molar refractivity (Wildman–Crippen MR) is 84.5 cm³/mol. The first-order chi connectivity index (χ1) is 10.3. The van der Waals surface area contributed by atoms with Gasteiger partial charge in [-0.05, 0) is 37.6 Å². The Hall–Kier alpha value is -1.46. The Morgan fingerprint density at radius 1 is 1.24 bits per heavy atom. The number of rotatable bonds is 6. The van der Waals surface area contributed by atoms with Crippen LogP contribution < -0.4 is 0 Å². The van der Waals surface area contributed by atoms with Crippen molar-refractivity contribution >= 4 is 10.8 Å². The zero-order valence-electron chi connectivity index (χ0n) is 12.1. The topological polar surface area (TPSA) is 38.1 Å². The van der Waals surface area contributed by atoms with E-state index in [1.807, 2.05) is 53.5 Å². The maximum atomic E-state index is 12.3. The Bertz CT molecular complexity index is 570. The molecule has 1 aliphatic rings. The fourth-order valence-electron chi connectivity index (χ4n) is 2.91. The minimum absolute atomic E-state index is 0.526. The summed E-state index contributed by atoms with van der Waals surface area (Å²) in [5, 5.41) is 4.29. The second kappa shape index (κ2) is 7.00. The highest BCUT2D eigenvalue weighted by Gasteiger charge is 2.25. The first-order valence-electron chi connectivity index (χ1n) is 7.48. The van der Waals surface area contributed by atoms with Crippen LogP contribution in [0.1, 0.15) is 12.8 Å². The van der Waals surface area contributed by atoms with Crippen molar-refractivity contribution in [2.24, 2.45) is 0 Å². The second-order valence-electron chi connectivity index (χ2n) is 5.42. The lowest BCUT2D eigenvalue weighted by molar-refractivity contribution is 0.240. The Kier molecular flexibility index (Phi) is 4.83. The molecule has 2 atom stereocenters. The van der Waals surface area contributed by atoms with Gasteiger partial charge in [0.15, 0.2) is 0 Å². The maximum Gasteiger partial charge on any atom is 0.0564 e. The molecule has 4 nitrogen and oxygen atoms in total. The molecular weight excluding hydrogens is 282 g/mol. The SMILES string of the molecule is O=S(CCN1CCCC1Cn1cccn1)c1ccccc1. The molecule has 2 unspecified atom stereocenters. The monoisotopic (exact) mass is 303 g/mol. The van der Waals surface area contributed by atoms with Crippen LogP contribution >= 0.6 is 0 Å². The van der Waals surface area contributed by atoms with Crippen LogP contribution in [0.5, 0.6) is 0 Å². The predicted octanol–water partition coefficient (Wildman–Crippen LogP) is 2.16. The molecule has 1 aromatic carbocycles. The molecule has 0 bridgehead atoms. The number of hydrogen-bond donors (Lipinski definition) is 0. The third-order valence-electron chi connectivity index (χ3n) is 4.03. The minimum Gasteiger partial charge on any atom is -0.298 e. The van der Waals surface area contributed by atoms with Gasteiger partial charge in [0.2, 0.25) is 0 Å². The zero-order chi connectivity index (χ0) is 14.5. The van der Waals surface area contributed by atoms with E-state index in [2.05, 4.69) is 10.00 Å². The first-order valence-corrected chi connectivity index (χ1v) is 8.80. The summed E-state index contributed by atoms with van der Waals surface area (Å²) in [5.41, 5.74) is 0. The molecule has 1 aliphatic heterocycles. The van der Waals surface area contributed by atoms with Crippen molar-refractivity contribution in [1.82, 2.24) is 14.7 Å². The van der Waals surface area contributed by atoms with E-state index >= 15 is 0 Å². The summed E-state index contributed by atoms with van der Waals surface area (Å²) in [6, 6.07) is 12.2. The van der Waals surface area contributed by atoms with E-state index in [1.54, 1.807) is 0 Å². The molecule has 1 saturated heterocycles. The quantitative estimate of drug-likeness (QED) is 0.821. The lowest BCUT2D eigenvalue weighted by atomic mass is 10.2. The first kappa shape index (κ1) is 14.5.